The monoisotopic (exact) mass is 180 g/mol. The minimum atomic E-state index is -1.13. The van der Waals surface area contributed by atoms with Crippen molar-refractivity contribution in [3.8, 4) is 0 Å². The van der Waals surface area contributed by atoms with Crippen molar-refractivity contribution in [1.82, 2.24) is 0 Å². The minimum absolute atomic E-state index is 0.286. The zero-order chi connectivity index (χ0) is 8.31. The summed E-state index contributed by atoms with van der Waals surface area (Å²) in [6.07, 6.45) is 0. The summed E-state index contributed by atoms with van der Waals surface area (Å²) < 4.78 is 0. The van der Waals surface area contributed by atoms with Gasteiger partial charge in [-0.3, -0.25) is 9.59 Å². The molecule has 0 radical (unpaired) electrons. The molecule has 0 saturated carbocycles. The number of carboxylic acids is 1. The van der Waals surface area contributed by atoms with Gasteiger partial charge in [-0.15, -0.1) is 0 Å². The van der Waals surface area contributed by atoms with E-state index < -0.39 is 16.5 Å². The molecule has 3 nitrogen and oxygen atoms in total. The van der Waals surface area contributed by atoms with Crippen molar-refractivity contribution < 1.29 is 14.7 Å². The van der Waals surface area contributed by atoms with Crippen LogP contribution in [0.3, 0.4) is 0 Å². The number of carbonyl (C=O) groups excluding carboxylic acids is 1. The van der Waals surface area contributed by atoms with E-state index in [0.717, 1.165) is 0 Å². The number of carboxylic acid groups (broad SMARTS) is 1. The number of carbonyl (C=O) groups is 2. The predicted octanol–water partition coefficient (Wildman–Crippen LogP) is 0.257. The predicted molar refractivity (Wildman–Crippen MR) is 43.9 cm³/mol. The molecule has 0 aromatic carbocycles. The van der Waals surface area contributed by atoms with Gasteiger partial charge in [0, 0.05) is 0 Å². The summed E-state index contributed by atoms with van der Waals surface area (Å²) >= 11 is 7.41. The molecular weight excluding hydrogens is 172 g/mol. The molecule has 0 saturated heterocycles. The molecule has 0 aromatic heterocycles. The number of thiol groups is 2. The summed E-state index contributed by atoms with van der Waals surface area (Å²) in [7, 11) is 0. The van der Waals surface area contributed by atoms with Gasteiger partial charge in [-0.25, -0.2) is 0 Å². The lowest BCUT2D eigenvalue weighted by atomic mass is 10.2. The van der Waals surface area contributed by atoms with Crippen molar-refractivity contribution in [3.05, 3.63) is 0 Å². The van der Waals surface area contributed by atoms with E-state index in [0.29, 0.717) is 0 Å². The highest BCUT2D eigenvalue weighted by Crippen LogP contribution is 2.09. The van der Waals surface area contributed by atoms with E-state index in [9.17, 15) is 9.59 Å². The lowest BCUT2D eigenvalue weighted by Gasteiger charge is -2.09. The van der Waals surface area contributed by atoms with Crippen LogP contribution < -0.4 is 0 Å². The number of hydrogen-bond acceptors (Lipinski definition) is 4. The van der Waals surface area contributed by atoms with Gasteiger partial charge in [-0.2, -0.15) is 25.3 Å². The van der Waals surface area contributed by atoms with E-state index in [1.165, 1.54) is 6.92 Å². The summed E-state index contributed by atoms with van der Waals surface area (Å²) in [6, 6.07) is 0. The molecule has 0 unspecified atom stereocenters. The molecule has 10 heavy (non-hydrogen) atoms. The van der Waals surface area contributed by atoms with Crippen molar-refractivity contribution in [3.63, 3.8) is 0 Å². The zero-order valence-electron chi connectivity index (χ0n) is 5.31. The standard InChI is InChI=1S/C5H8O3S2/c1-2(6)3(9)4(10)5(7)8/h3-4,9-10H,1H3,(H,7,8)/t3-,4-/m0/s1. The molecule has 58 valence electrons. The van der Waals surface area contributed by atoms with Gasteiger partial charge in [0.2, 0.25) is 0 Å². The Balaban J connectivity index is 4.07. The third-order valence-electron chi connectivity index (χ3n) is 0.969. The molecule has 1 N–H and O–H groups in total. The van der Waals surface area contributed by atoms with Crippen LogP contribution in [0.25, 0.3) is 0 Å². The summed E-state index contributed by atoms with van der Waals surface area (Å²) in [5.74, 6) is -1.41. The first-order valence-electron chi connectivity index (χ1n) is 2.56. The second-order valence-electron chi connectivity index (χ2n) is 1.84. The van der Waals surface area contributed by atoms with Gasteiger partial charge in [0.1, 0.15) is 11.0 Å². The van der Waals surface area contributed by atoms with E-state index in [-0.39, 0.29) is 5.78 Å². The SMILES string of the molecule is CC(=O)[C@H](S)[C@H](S)C(=O)O. The maximum absolute atomic E-state index is 10.5. The van der Waals surface area contributed by atoms with E-state index in [4.69, 9.17) is 5.11 Å². The maximum Gasteiger partial charge on any atom is 0.317 e. The second-order valence-corrected chi connectivity index (χ2v) is 2.95. The third kappa shape index (κ3) is 2.62. The van der Waals surface area contributed by atoms with Crippen LogP contribution in [0.5, 0.6) is 0 Å². The van der Waals surface area contributed by atoms with E-state index in [2.05, 4.69) is 25.3 Å². The first kappa shape index (κ1) is 9.84. The highest BCUT2D eigenvalue weighted by Gasteiger charge is 2.24. The second kappa shape index (κ2) is 3.88. The average Bonchev–Trinajstić information content (AvgIpc) is 1.84. The molecular formula is C5H8O3S2. The highest BCUT2D eigenvalue weighted by molar-refractivity contribution is 7.86. The Kier molecular flexibility index (Phi) is 3.81. The Labute approximate surface area is 69.6 Å². The number of ketones is 1. The average molecular weight is 180 g/mol. The Morgan fingerprint density at radius 1 is 1.30 bits per heavy atom. The van der Waals surface area contributed by atoms with Crippen LogP contribution in [0, 0.1) is 0 Å². The van der Waals surface area contributed by atoms with Gasteiger partial charge >= 0.3 is 5.97 Å². The number of Topliss-reactive ketones (excluding diaryl/α,β-unsaturated/α-hetero) is 1. The fourth-order valence-corrected chi connectivity index (χ4v) is 0.695. The highest BCUT2D eigenvalue weighted by atomic mass is 32.1. The smallest absolute Gasteiger partial charge is 0.317 e. The van der Waals surface area contributed by atoms with Gasteiger partial charge < -0.3 is 5.11 Å². The molecule has 0 fully saturated rings. The normalized spacial score (nSPS) is 15.9. The van der Waals surface area contributed by atoms with Crippen LogP contribution >= 0.6 is 25.3 Å². The fraction of sp³-hybridized carbons (Fsp3) is 0.600. The molecule has 0 aliphatic carbocycles. The van der Waals surface area contributed by atoms with Gasteiger partial charge in [0.15, 0.2) is 0 Å². The van der Waals surface area contributed by atoms with Crippen LogP contribution in [0.4, 0.5) is 0 Å². The molecule has 0 amide bonds. The number of aliphatic carboxylic acids is 1. The van der Waals surface area contributed by atoms with Crippen molar-refractivity contribution in [2.75, 3.05) is 0 Å². The number of hydrogen-bond donors (Lipinski definition) is 3. The van der Waals surface area contributed by atoms with Crippen molar-refractivity contribution in [2.24, 2.45) is 0 Å². The van der Waals surface area contributed by atoms with Gasteiger partial charge in [-0.05, 0) is 6.92 Å². The summed E-state index contributed by atoms with van der Waals surface area (Å²) in [5.41, 5.74) is 0. The molecule has 0 aliphatic heterocycles. The summed E-state index contributed by atoms with van der Waals surface area (Å²) in [4.78, 5) is 20.7. The molecule has 0 aromatic rings. The van der Waals surface area contributed by atoms with Crippen LogP contribution in [0.2, 0.25) is 0 Å². The molecule has 0 rings (SSSR count). The molecule has 0 spiro atoms. The fourth-order valence-electron chi connectivity index (χ4n) is 0.357. The van der Waals surface area contributed by atoms with Gasteiger partial charge in [0.25, 0.3) is 0 Å². The Bertz CT molecular complexity index is 139. The Morgan fingerprint density at radius 2 is 1.70 bits per heavy atom. The molecule has 0 heterocycles. The first-order valence-corrected chi connectivity index (χ1v) is 3.59. The van der Waals surface area contributed by atoms with Crippen molar-refractivity contribution in [2.45, 2.75) is 17.4 Å². The van der Waals surface area contributed by atoms with E-state index in [1.807, 2.05) is 0 Å². The van der Waals surface area contributed by atoms with Crippen molar-refractivity contribution >= 4 is 37.0 Å². The first-order chi connectivity index (χ1) is 4.46. The van der Waals surface area contributed by atoms with E-state index >= 15 is 0 Å². The Morgan fingerprint density at radius 3 is 1.80 bits per heavy atom. The number of rotatable bonds is 3. The summed E-state index contributed by atoms with van der Waals surface area (Å²) in [5, 5.41) is 6.49. The van der Waals surface area contributed by atoms with E-state index in [1.54, 1.807) is 0 Å². The summed E-state index contributed by atoms with van der Waals surface area (Å²) in [6.45, 7) is 1.28. The van der Waals surface area contributed by atoms with Crippen LogP contribution in [-0.2, 0) is 9.59 Å². The molecule has 5 heteroatoms. The lowest BCUT2D eigenvalue weighted by molar-refractivity contribution is -0.137. The topological polar surface area (TPSA) is 54.4 Å². The third-order valence-corrected chi connectivity index (χ3v) is 2.38. The van der Waals surface area contributed by atoms with Gasteiger partial charge in [0.05, 0.1) is 5.25 Å². The maximum atomic E-state index is 10.5. The molecule has 0 bridgehead atoms. The largest absolute Gasteiger partial charge is 0.480 e. The van der Waals surface area contributed by atoms with Crippen LogP contribution in [0.1, 0.15) is 6.92 Å². The lowest BCUT2D eigenvalue weighted by Crippen LogP contribution is -2.30. The quantitative estimate of drug-likeness (QED) is 0.546. The van der Waals surface area contributed by atoms with Gasteiger partial charge in [-0.1, -0.05) is 0 Å². The molecule has 2 atom stereocenters. The zero-order valence-corrected chi connectivity index (χ0v) is 7.10. The molecule has 0 aliphatic rings. The van der Waals surface area contributed by atoms with Crippen LogP contribution in [-0.4, -0.2) is 27.4 Å². The van der Waals surface area contributed by atoms with Crippen molar-refractivity contribution in [1.29, 1.82) is 0 Å². The minimum Gasteiger partial charge on any atom is -0.480 e. The Hall–Kier alpha value is -0.160. The van der Waals surface area contributed by atoms with Crippen LogP contribution in [0.15, 0.2) is 0 Å².